The van der Waals surface area contributed by atoms with Gasteiger partial charge in [0.2, 0.25) is 0 Å². The van der Waals surface area contributed by atoms with E-state index in [0.717, 1.165) is 5.69 Å². The highest BCUT2D eigenvalue weighted by Crippen LogP contribution is 2.63. The highest BCUT2D eigenvalue weighted by atomic mass is 32.2. The van der Waals surface area contributed by atoms with Gasteiger partial charge >= 0.3 is 0 Å². The molecule has 44 heavy (non-hydrogen) atoms. The number of carbonyl (C=O) groups excluding carboxylic acids is 1. The molecule has 0 radical (unpaired) electrons. The van der Waals surface area contributed by atoms with Crippen molar-refractivity contribution in [2.24, 2.45) is 17.8 Å². The van der Waals surface area contributed by atoms with Crippen LogP contribution in [0.2, 0.25) is 0 Å². The summed E-state index contributed by atoms with van der Waals surface area (Å²) in [6, 6.07) is 27.9. The highest BCUT2D eigenvalue weighted by molar-refractivity contribution is 7.92. The lowest BCUT2D eigenvalue weighted by Gasteiger charge is -2.43. The Bertz CT molecular complexity index is 1810. The van der Waals surface area contributed by atoms with Gasteiger partial charge in [0.05, 0.1) is 30.8 Å². The fourth-order valence-electron chi connectivity index (χ4n) is 7.62. The molecule has 2 aliphatic carbocycles. The third-order valence-corrected chi connectivity index (χ3v) is 11.0. The van der Waals surface area contributed by atoms with Crippen LogP contribution in [0.1, 0.15) is 52.7 Å². The van der Waals surface area contributed by atoms with Crippen LogP contribution in [0.3, 0.4) is 0 Å². The SMILES string of the molecule is COc1ccc(NS(=O)(=O)c2ccc(NC(=O)c3ccc4c(c3)[C@@H]3[C@H]5CC[C@@H](C5)[C@@H]3[C@@H](c3ccccc3)N4)cc2)c(OC)c1. The number of amides is 1. The Morgan fingerprint density at radius 1 is 0.864 bits per heavy atom. The Kier molecular flexibility index (Phi) is 7.20. The third kappa shape index (κ3) is 5.05. The van der Waals surface area contributed by atoms with Crippen LogP contribution in [0.4, 0.5) is 17.1 Å². The molecular weight excluding hydrogens is 574 g/mol. The molecule has 0 spiro atoms. The zero-order chi connectivity index (χ0) is 30.4. The summed E-state index contributed by atoms with van der Waals surface area (Å²) < 4.78 is 39.2. The van der Waals surface area contributed by atoms with Crippen molar-refractivity contribution in [3.8, 4) is 11.5 Å². The summed E-state index contributed by atoms with van der Waals surface area (Å²) in [5, 5.41) is 6.77. The first-order chi connectivity index (χ1) is 21.3. The van der Waals surface area contributed by atoms with Gasteiger partial charge in [0.15, 0.2) is 0 Å². The number of sulfonamides is 1. The lowest BCUT2D eigenvalue weighted by molar-refractivity contribution is 0.102. The predicted molar refractivity (Wildman–Crippen MR) is 171 cm³/mol. The first-order valence-corrected chi connectivity index (χ1v) is 16.4. The average Bonchev–Trinajstić information content (AvgIpc) is 3.68. The number of rotatable bonds is 8. The second-order valence-electron chi connectivity index (χ2n) is 11.9. The van der Waals surface area contributed by atoms with Crippen molar-refractivity contribution in [1.82, 2.24) is 0 Å². The summed E-state index contributed by atoms with van der Waals surface area (Å²) in [6.45, 7) is 0. The minimum Gasteiger partial charge on any atom is -0.497 e. The van der Waals surface area contributed by atoms with Gasteiger partial charge < -0.3 is 20.1 Å². The molecule has 1 aliphatic heterocycles. The van der Waals surface area contributed by atoms with E-state index >= 15 is 0 Å². The Balaban J connectivity index is 1.08. The van der Waals surface area contributed by atoms with Crippen molar-refractivity contribution >= 4 is 33.0 Å². The molecule has 3 N–H and O–H groups in total. The number of hydrogen-bond acceptors (Lipinski definition) is 6. The highest BCUT2D eigenvalue weighted by Gasteiger charge is 2.53. The summed E-state index contributed by atoms with van der Waals surface area (Å²) in [5.74, 6) is 2.96. The van der Waals surface area contributed by atoms with E-state index in [1.54, 1.807) is 30.3 Å². The summed E-state index contributed by atoms with van der Waals surface area (Å²) in [7, 11) is -0.917. The van der Waals surface area contributed by atoms with Crippen LogP contribution in [-0.4, -0.2) is 28.5 Å². The van der Waals surface area contributed by atoms with Crippen molar-refractivity contribution in [2.45, 2.75) is 36.1 Å². The second-order valence-corrected chi connectivity index (χ2v) is 13.6. The molecule has 0 unspecified atom stereocenters. The number of ether oxygens (including phenoxy) is 2. The molecule has 2 bridgehead atoms. The Labute approximate surface area is 257 Å². The number of methoxy groups -OCH3 is 2. The molecule has 5 atom stereocenters. The molecule has 0 saturated heterocycles. The molecule has 2 saturated carbocycles. The van der Waals surface area contributed by atoms with Gasteiger partial charge in [-0.3, -0.25) is 9.52 Å². The standard InChI is InChI=1S/C35H35N3O5S/c1-42-26-13-17-30(31(20-26)43-2)38-44(40,41)27-14-11-25(12-15-27)36-35(39)24-10-16-29-28(19-24)32-22-8-9-23(18-22)33(32)34(37-29)21-6-4-3-5-7-21/h3-7,10-17,19-20,22-23,32-34,37-38H,8-9,18H2,1-2H3,(H,36,39)/t22-,23-,32-,33-,34+/m0/s1. The van der Waals surface area contributed by atoms with E-state index in [9.17, 15) is 13.2 Å². The van der Waals surface area contributed by atoms with Crippen molar-refractivity contribution in [3.63, 3.8) is 0 Å². The van der Waals surface area contributed by atoms with Crippen molar-refractivity contribution in [3.05, 3.63) is 108 Å². The van der Waals surface area contributed by atoms with Crippen LogP contribution in [0.5, 0.6) is 11.5 Å². The number of nitrogens with one attached hydrogen (secondary N) is 3. The Morgan fingerprint density at radius 3 is 2.39 bits per heavy atom. The number of benzene rings is 4. The van der Waals surface area contributed by atoms with Crippen LogP contribution < -0.4 is 24.8 Å². The molecule has 4 aromatic rings. The van der Waals surface area contributed by atoms with Gasteiger partial charge in [0.25, 0.3) is 15.9 Å². The minimum absolute atomic E-state index is 0.0588. The van der Waals surface area contributed by atoms with E-state index in [4.69, 9.17) is 9.47 Å². The smallest absolute Gasteiger partial charge is 0.262 e. The second kappa shape index (κ2) is 11.2. The molecule has 2 fully saturated rings. The van der Waals surface area contributed by atoms with E-state index < -0.39 is 10.0 Å². The molecule has 1 amide bonds. The maximum Gasteiger partial charge on any atom is 0.262 e. The monoisotopic (exact) mass is 609 g/mol. The minimum atomic E-state index is -3.90. The van der Waals surface area contributed by atoms with Crippen LogP contribution >= 0.6 is 0 Å². The zero-order valence-electron chi connectivity index (χ0n) is 24.6. The van der Waals surface area contributed by atoms with Gasteiger partial charge in [0, 0.05) is 23.0 Å². The van der Waals surface area contributed by atoms with Crippen LogP contribution in [0.25, 0.3) is 0 Å². The van der Waals surface area contributed by atoms with Crippen molar-refractivity contribution in [1.29, 1.82) is 0 Å². The maximum absolute atomic E-state index is 13.4. The first-order valence-electron chi connectivity index (χ1n) is 15.0. The molecular formula is C35H35N3O5S. The number of carbonyl (C=O) groups is 1. The molecule has 0 aromatic heterocycles. The Hall–Kier alpha value is -4.50. The Morgan fingerprint density at radius 2 is 1.64 bits per heavy atom. The van der Waals surface area contributed by atoms with E-state index in [2.05, 4.69) is 51.8 Å². The fourth-order valence-corrected chi connectivity index (χ4v) is 8.70. The fraction of sp³-hybridized carbons (Fsp3) is 0.286. The van der Waals surface area contributed by atoms with Gasteiger partial charge in [-0.1, -0.05) is 30.3 Å². The first kappa shape index (κ1) is 28.3. The molecule has 1 heterocycles. The average molecular weight is 610 g/mol. The van der Waals surface area contributed by atoms with Crippen LogP contribution in [-0.2, 0) is 10.0 Å². The molecule has 8 nitrogen and oxygen atoms in total. The lowest BCUT2D eigenvalue weighted by Crippen LogP contribution is -2.35. The van der Waals surface area contributed by atoms with Crippen molar-refractivity contribution in [2.75, 3.05) is 29.6 Å². The molecule has 9 heteroatoms. The van der Waals surface area contributed by atoms with E-state index in [-0.39, 0.29) is 16.8 Å². The number of fused-ring (bicyclic) bond motifs is 7. The topological polar surface area (TPSA) is 106 Å². The molecule has 226 valence electrons. The largest absolute Gasteiger partial charge is 0.497 e. The third-order valence-electron chi connectivity index (χ3n) is 9.58. The zero-order valence-corrected chi connectivity index (χ0v) is 25.4. The normalized spacial score (nSPS) is 23.2. The summed E-state index contributed by atoms with van der Waals surface area (Å²) in [5.41, 5.74) is 5.07. The van der Waals surface area contributed by atoms with Gasteiger partial charge in [-0.2, -0.15) is 0 Å². The van der Waals surface area contributed by atoms with E-state index in [0.29, 0.717) is 52.1 Å². The maximum atomic E-state index is 13.4. The van der Waals surface area contributed by atoms with Crippen molar-refractivity contribution < 1.29 is 22.7 Å². The van der Waals surface area contributed by atoms with Gasteiger partial charge in [-0.15, -0.1) is 0 Å². The summed E-state index contributed by atoms with van der Waals surface area (Å²) in [4.78, 5) is 13.5. The van der Waals surface area contributed by atoms with Gasteiger partial charge in [0.1, 0.15) is 11.5 Å². The van der Waals surface area contributed by atoms with Crippen LogP contribution in [0, 0.1) is 17.8 Å². The quantitative estimate of drug-likeness (QED) is 0.198. The lowest BCUT2D eigenvalue weighted by atomic mass is 9.68. The summed E-state index contributed by atoms with van der Waals surface area (Å²) >= 11 is 0. The molecule has 4 aromatic carbocycles. The number of anilines is 3. The van der Waals surface area contributed by atoms with E-state index in [1.807, 2.05) is 12.1 Å². The predicted octanol–water partition coefficient (Wildman–Crippen LogP) is 7.05. The molecule has 3 aliphatic rings. The van der Waals surface area contributed by atoms with Gasteiger partial charge in [-0.05, 0) is 109 Å². The molecule has 7 rings (SSSR count). The van der Waals surface area contributed by atoms with E-state index in [1.165, 1.54) is 56.7 Å². The van der Waals surface area contributed by atoms with Gasteiger partial charge in [-0.25, -0.2) is 8.42 Å². The summed E-state index contributed by atoms with van der Waals surface area (Å²) in [6.07, 6.45) is 3.78. The van der Waals surface area contributed by atoms with Crippen LogP contribution in [0.15, 0.2) is 95.9 Å². The number of hydrogen-bond donors (Lipinski definition) is 3.